The number of hydrogen-bond donors (Lipinski definition) is 2. The van der Waals surface area contributed by atoms with Crippen LogP contribution in [0.2, 0.25) is 0 Å². The van der Waals surface area contributed by atoms with Crippen molar-refractivity contribution in [1.82, 2.24) is 0 Å². The van der Waals surface area contributed by atoms with Crippen LogP contribution in [0, 0.1) is 5.82 Å². The molecule has 2 aromatic rings. The fourth-order valence-electron chi connectivity index (χ4n) is 2.68. The minimum atomic E-state index is -0.229. The highest BCUT2D eigenvalue weighted by Crippen LogP contribution is 2.34. The Labute approximate surface area is 111 Å². The molecular weight excluding hydrogens is 241 g/mol. The lowest BCUT2D eigenvalue weighted by atomic mass is 9.87. The number of fused-ring (bicyclic) bond motifs is 1. The molecule has 3 rings (SSSR count). The van der Waals surface area contributed by atoms with Gasteiger partial charge in [0.25, 0.3) is 0 Å². The quantitative estimate of drug-likeness (QED) is 0.851. The topological polar surface area (TPSA) is 32.3 Å². The van der Waals surface area contributed by atoms with Gasteiger partial charge in [-0.25, -0.2) is 4.39 Å². The van der Waals surface area contributed by atoms with Gasteiger partial charge in [-0.1, -0.05) is 6.07 Å². The molecule has 2 N–H and O–H groups in total. The Hall–Kier alpha value is -2.03. The first-order valence-electron chi connectivity index (χ1n) is 6.56. The molecule has 0 radical (unpaired) electrons. The first-order valence-corrected chi connectivity index (χ1v) is 6.56. The average molecular weight is 257 g/mol. The summed E-state index contributed by atoms with van der Waals surface area (Å²) in [5.74, 6) is 0.0683. The van der Waals surface area contributed by atoms with E-state index in [0.717, 1.165) is 30.5 Å². The van der Waals surface area contributed by atoms with Crippen LogP contribution in [0.4, 0.5) is 10.1 Å². The Morgan fingerprint density at radius 1 is 1.11 bits per heavy atom. The average Bonchev–Trinajstić information content (AvgIpc) is 2.42. The molecule has 0 aliphatic heterocycles. The zero-order valence-corrected chi connectivity index (χ0v) is 10.6. The summed E-state index contributed by atoms with van der Waals surface area (Å²) in [5.41, 5.74) is 3.34. The number of phenols is 1. The fourth-order valence-corrected chi connectivity index (χ4v) is 2.68. The van der Waals surface area contributed by atoms with Gasteiger partial charge in [0.15, 0.2) is 0 Å². The minimum Gasteiger partial charge on any atom is -0.508 e. The third-order valence-corrected chi connectivity index (χ3v) is 3.63. The van der Waals surface area contributed by atoms with Gasteiger partial charge in [0, 0.05) is 5.69 Å². The molecule has 1 aliphatic carbocycles. The van der Waals surface area contributed by atoms with E-state index in [0.29, 0.717) is 5.75 Å². The molecule has 0 bridgehead atoms. The van der Waals surface area contributed by atoms with Crippen molar-refractivity contribution >= 4 is 5.69 Å². The van der Waals surface area contributed by atoms with E-state index in [9.17, 15) is 9.50 Å². The Kier molecular flexibility index (Phi) is 3.11. The molecule has 0 aromatic heterocycles. The van der Waals surface area contributed by atoms with Crippen molar-refractivity contribution in [3.05, 3.63) is 59.4 Å². The van der Waals surface area contributed by atoms with Crippen LogP contribution < -0.4 is 5.32 Å². The number of rotatable bonds is 2. The summed E-state index contributed by atoms with van der Waals surface area (Å²) in [7, 11) is 0. The van der Waals surface area contributed by atoms with Crippen LogP contribution in [0.5, 0.6) is 5.75 Å². The Bertz CT molecular complexity index is 580. The molecule has 1 aliphatic rings. The van der Waals surface area contributed by atoms with E-state index in [2.05, 4.69) is 5.32 Å². The molecule has 1 unspecified atom stereocenters. The van der Waals surface area contributed by atoms with Crippen molar-refractivity contribution in [2.45, 2.75) is 25.3 Å². The monoisotopic (exact) mass is 257 g/mol. The number of anilines is 1. The van der Waals surface area contributed by atoms with Crippen molar-refractivity contribution in [1.29, 1.82) is 0 Å². The summed E-state index contributed by atoms with van der Waals surface area (Å²) < 4.78 is 12.9. The van der Waals surface area contributed by atoms with Gasteiger partial charge < -0.3 is 10.4 Å². The summed E-state index contributed by atoms with van der Waals surface area (Å²) in [5, 5.41) is 13.0. The van der Waals surface area contributed by atoms with Gasteiger partial charge in [0.05, 0.1) is 6.04 Å². The lowest BCUT2D eigenvalue weighted by Crippen LogP contribution is -2.17. The fraction of sp³-hybridized carbons (Fsp3) is 0.250. The van der Waals surface area contributed by atoms with Crippen LogP contribution in [-0.2, 0) is 6.42 Å². The van der Waals surface area contributed by atoms with E-state index in [1.807, 2.05) is 12.1 Å². The van der Waals surface area contributed by atoms with Crippen molar-refractivity contribution in [2.24, 2.45) is 0 Å². The molecule has 98 valence electrons. The van der Waals surface area contributed by atoms with E-state index in [1.165, 1.54) is 17.7 Å². The molecular formula is C16H16FNO. The van der Waals surface area contributed by atoms with E-state index in [-0.39, 0.29) is 11.9 Å². The molecule has 0 heterocycles. The number of hydrogen-bond acceptors (Lipinski definition) is 2. The molecule has 0 amide bonds. The third-order valence-electron chi connectivity index (χ3n) is 3.63. The zero-order valence-electron chi connectivity index (χ0n) is 10.6. The highest BCUT2D eigenvalue weighted by atomic mass is 19.1. The highest BCUT2D eigenvalue weighted by molar-refractivity contribution is 5.48. The second-order valence-corrected chi connectivity index (χ2v) is 4.98. The second kappa shape index (κ2) is 4.92. The summed E-state index contributed by atoms with van der Waals surface area (Å²) in [4.78, 5) is 0. The molecule has 0 fully saturated rings. The first-order chi connectivity index (χ1) is 9.22. The van der Waals surface area contributed by atoms with Gasteiger partial charge in [-0.2, -0.15) is 0 Å². The van der Waals surface area contributed by atoms with Crippen LogP contribution >= 0.6 is 0 Å². The lowest BCUT2D eigenvalue weighted by Gasteiger charge is -2.27. The van der Waals surface area contributed by atoms with Gasteiger partial charge in [0.2, 0.25) is 0 Å². The molecule has 0 saturated carbocycles. The minimum absolute atomic E-state index is 0.182. The molecule has 1 atom stereocenters. The first kappa shape index (κ1) is 12.0. The number of phenolic OH excluding ortho intramolecular Hbond substituents is 1. The van der Waals surface area contributed by atoms with Gasteiger partial charge in [-0.05, 0) is 66.8 Å². The van der Waals surface area contributed by atoms with Gasteiger partial charge >= 0.3 is 0 Å². The van der Waals surface area contributed by atoms with E-state index >= 15 is 0 Å². The van der Waals surface area contributed by atoms with E-state index in [1.54, 1.807) is 18.2 Å². The van der Waals surface area contributed by atoms with Crippen LogP contribution in [0.25, 0.3) is 0 Å². The van der Waals surface area contributed by atoms with Crippen molar-refractivity contribution < 1.29 is 9.50 Å². The van der Waals surface area contributed by atoms with Gasteiger partial charge in [-0.15, -0.1) is 0 Å². The number of aryl methyl sites for hydroxylation is 1. The van der Waals surface area contributed by atoms with Crippen LogP contribution in [-0.4, -0.2) is 5.11 Å². The molecule has 2 nitrogen and oxygen atoms in total. The van der Waals surface area contributed by atoms with Gasteiger partial charge in [-0.3, -0.25) is 0 Å². The third kappa shape index (κ3) is 2.55. The van der Waals surface area contributed by atoms with E-state index < -0.39 is 0 Å². The SMILES string of the molecule is Oc1ccc2c(c1)C(Nc1ccc(F)cc1)CCC2. The number of halogens is 1. The van der Waals surface area contributed by atoms with Crippen LogP contribution in [0.15, 0.2) is 42.5 Å². The summed E-state index contributed by atoms with van der Waals surface area (Å²) in [6.07, 6.45) is 3.20. The Morgan fingerprint density at radius 2 is 1.89 bits per heavy atom. The maximum atomic E-state index is 12.9. The van der Waals surface area contributed by atoms with Crippen LogP contribution in [0.3, 0.4) is 0 Å². The summed E-state index contributed by atoms with van der Waals surface area (Å²) in [6, 6.07) is 12.1. The molecule has 3 heteroatoms. The Balaban J connectivity index is 1.87. The summed E-state index contributed by atoms with van der Waals surface area (Å²) >= 11 is 0. The predicted molar refractivity (Wildman–Crippen MR) is 73.8 cm³/mol. The smallest absolute Gasteiger partial charge is 0.123 e. The molecule has 2 aromatic carbocycles. The molecule has 0 spiro atoms. The second-order valence-electron chi connectivity index (χ2n) is 4.98. The highest BCUT2D eigenvalue weighted by Gasteiger charge is 2.20. The standard InChI is InChI=1S/C16H16FNO/c17-12-5-7-13(8-6-12)18-16-3-1-2-11-4-9-14(19)10-15(11)16/h4-10,16,18-19H,1-3H2. The largest absolute Gasteiger partial charge is 0.508 e. The zero-order chi connectivity index (χ0) is 13.2. The summed E-state index contributed by atoms with van der Waals surface area (Å²) in [6.45, 7) is 0. The maximum absolute atomic E-state index is 12.9. The number of benzene rings is 2. The molecule has 0 saturated heterocycles. The van der Waals surface area contributed by atoms with Crippen molar-refractivity contribution in [2.75, 3.05) is 5.32 Å². The number of nitrogens with one attached hydrogen (secondary N) is 1. The number of aromatic hydroxyl groups is 1. The van der Waals surface area contributed by atoms with Crippen molar-refractivity contribution in [3.63, 3.8) is 0 Å². The molecule has 19 heavy (non-hydrogen) atoms. The normalized spacial score (nSPS) is 17.8. The van der Waals surface area contributed by atoms with Gasteiger partial charge in [0.1, 0.15) is 11.6 Å². The predicted octanol–water partition coefficient (Wildman–Crippen LogP) is 4.02. The van der Waals surface area contributed by atoms with Crippen LogP contribution in [0.1, 0.15) is 30.0 Å². The van der Waals surface area contributed by atoms with Crippen molar-refractivity contribution in [3.8, 4) is 5.75 Å². The van der Waals surface area contributed by atoms with E-state index in [4.69, 9.17) is 0 Å². The maximum Gasteiger partial charge on any atom is 0.123 e. The lowest BCUT2D eigenvalue weighted by molar-refractivity contribution is 0.471. The Morgan fingerprint density at radius 3 is 2.68 bits per heavy atom.